The molecule has 1 aromatic carbocycles. The number of hydrogen-bond donors (Lipinski definition) is 2. The van der Waals surface area contributed by atoms with Gasteiger partial charge in [0, 0.05) is 5.56 Å². The van der Waals surface area contributed by atoms with E-state index in [0.29, 0.717) is 23.6 Å². The molecule has 1 unspecified atom stereocenters. The van der Waals surface area contributed by atoms with Gasteiger partial charge in [0.15, 0.2) is 0 Å². The summed E-state index contributed by atoms with van der Waals surface area (Å²) in [5, 5.41) is 11.7. The van der Waals surface area contributed by atoms with Crippen LogP contribution in [0.4, 0.5) is 11.4 Å². The molecule has 2 aliphatic rings. The van der Waals surface area contributed by atoms with Crippen LogP contribution < -0.4 is 5.32 Å². The summed E-state index contributed by atoms with van der Waals surface area (Å²) >= 11 is 1.08. The van der Waals surface area contributed by atoms with Gasteiger partial charge < -0.3 is 10.4 Å². The van der Waals surface area contributed by atoms with E-state index < -0.39 is 12.0 Å². The van der Waals surface area contributed by atoms with E-state index in [9.17, 15) is 9.59 Å². The average Bonchev–Trinajstić information content (AvgIpc) is 3.12. The number of carbonyl (C=O) groups is 2. The van der Waals surface area contributed by atoms with Gasteiger partial charge in [-0.2, -0.15) is 8.73 Å². The lowest BCUT2D eigenvalue weighted by Gasteiger charge is -2.14. The number of carbonyl (C=O) groups excluding carboxylic acids is 1. The van der Waals surface area contributed by atoms with E-state index in [1.54, 1.807) is 18.2 Å². The van der Waals surface area contributed by atoms with E-state index >= 15 is 0 Å². The third-order valence-electron chi connectivity index (χ3n) is 3.39. The highest BCUT2D eigenvalue weighted by atomic mass is 32.1. The molecule has 3 rings (SSSR count). The van der Waals surface area contributed by atoms with E-state index in [0.717, 1.165) is 29.9 Å². The first kappa shape index (κ1) is 13.0. The number of carboxylic acid groups (broad SMARTS) is 1. The number of rotatable bonds is 5. The molecule has 1 aliphatic carbocycles. The molecule has 1 atom stereocenters. The van der Waals surface area contributed by atoms with Gasteiger partial charge in [-0.15, -0.1) is 0 Å². The molecule has 7 heteroatoms. The summed E-state index contributed by atoms with van der Waals surface area (Å²) in [5.41, 5.74) is 1.79. The quantitative estimate of drug-likeness (QED) is 0.886. The van der Waals surface area contributed by atoms with Crippen LogP contribution >= 0.6 is 0 Å². The SMILES string of the molecule is O=C(NC(CC1CC1)C(=O)O)c1ccc2c(c1)N=S=N2. The van der Waals surface area contributed by atoms with Crippen molar-refractivity contribution in [2.45, 2.75) is 25.3 Å². The molecule has 0 aromatic heterocycles. The van der Waals surface area contributed by atoms with Crippen LogP contribution in [0.5, 0.6) is 0 Å². The van der Waals surface area contributed by atoms with Gasteiger partial charge in [-0.25, -0.2) is 4.79 Å². The van der Waals surface area contributed by atoms with E-state index in [1.807, 2.05) is 0 Å². The third kappa shape index (κ3) is 2.77. The minimum Gasteiger partial charge on any atom is -0.480 e. The standard InChI is InChI=1S/C13H13N3O3S/c17-12(14-11(13(18)19)5-7-1-2-7)8-3-4-9-10(6-8)16-20-15-9/h3-4,6-7,11H,1-2,5H2,(H,14,17)(H,18,19). The number of hydrogen-bond acceptors (Lipinski definition) is 4. The highest BCUT2D eigenvalue weighted by Gasteiger charge is 2.30. The van der Waals surface area contributed by atoms with Gasteiger partial charge in [-0.1, -0.05) is 12.8 Å². The first-order chi connectivity index (χ1) is 9.63. The molecule has 0 spiro atoms. The van der Waals surface area contributed by atoms with Crippen molar-refractivity contribution in [2.75, 3.05) is 0 Å². The summed E-state index contributed by atoms with van der Waals surface area (Å²) in [5.74, 6) is -0.934. The van der Waals surface area contributed by atoms with Crippen molar-refractivity contribution >= 4 is 34.6 Å². The van der Waals surface area contributed by atoms with Crippen molar-refractivity contribution in [3.63, 3.8) is 0 Å². The van der Waals surface area contributed by atoms with Crippen LogP contribution in [0.2, 0.25) is 0 Å². The largest absolute Gasteiger partial charge is 0.480 e. The molecule has 2 N–H and O–H groups in total. The summed E-state index contributed by atoms with van der Waals surface area (Å²) in [6.45, 7) is 0. The Morgan fingerprint density at radius 3 is 2.80 bits per heavy atom. The fourth-order valence-corrected chi connectivity index (χ4v) is 2.59. The van der Waals surface area contributed by atoms with E-state index in [1.165, 1.54) is 0 Å². The Labute approximate surface area is 119 Å². The van der Waals surface area contributed by atoms with E-state index in [-0.39, 0.29) is 5.91 Å². The number of aliphatic carboxylic acids is 1. The maximum atomic E-state index is 12.1. The lowest BCUT2D eigenvalue weighted by molar-refractivity contribution is -0.139. The summed E-state index contributed by atoms with van der Waals surface area (Å²) in [6.07, 6.45) is 2.60. The van der Waals surface area contributed by atoms with Crippen molar-refractivity contribution in [2.24, 2.45) is 14.6 Å². The first-order valence-electron chi connectivity index (χ1n) is 6.39. The fraction of sp³-hybridized carbons (Fsp3) is 0.385. The molecular formula is C13H13N3O3S. The van der Waals surface area contributed by atoms with Gasteiger partial charge in [0.1, 0.15) is 17.4 Å². The van der Waals surface area contributed by atoms with Crippen LogP contribution in [0.1, 0.15) is 29.6 Å². The molecule has 1 aliphatic heterocycles. The Hall–Kier alpha value is -2.02. The number of benzene rings is 1. The molecule has 1 amide bonds. The molecule has 6 nitrogen and oxygen atoms in total. The number of nitrogens with one attached hydrogen (secondary N) is 1. The fourth-order valence-electron chi connectivity index (χ4n) is 2.07. The monoisotopic (exact) mass is 291 g/mol. The molecule has 1 fully saturated rings. The van der Waals surface area contributed by atoms with Crippen LogP contribution in [-0.2, 0) is 16.1 Å². The lowest BCUT2D eigenvalue weighted by Crippen LogP contribution is -2.41. The zero-order chi connectivity index (χ0) is 14.1. The Kier molecular flexibility index (Phi) is 3.35. The molecule has 1 heterocycles. The smallest absolute Gasteiger partial charge is 0.326 e. The highest BCUT2D eigenvalue weighted by molar-refractivity contribution is 7.58. The average molecular weight is 291 g/mol. The second kappa shape index (κ2) is 5.16. The second-order valence-corrected chi connectivity index (χ2v) is 5.54. The summed E-state index contributed by atoms with van der Waals surface area (Å²) in [7, 11) is 0. The van der Waals surface area contributed by atoms with Gasteiger partial charge in [-0.05, 0) is 30.5 Å². The molecule has 20 heavy (non-hydrogen) atoms. The maximum Gasteiger partial charge on any atom is 0.326 e. The Morgan fingerprint density at radius 1 is 1.35 bits per heavy atom. The van der Waals surface area contributed by atoms with Crippen molar-refractivity contribution in [3.8, 4) is 0 Å². The van der Waals surface area contributed by atoms with Gasteiger partial charge in [-0.3, -0.25) is 4.79 Å². The number of carboxylic acids is 1. The predicted molar refractivity (Wildman–Crippen MR) is 74.2 cm³/mol. The summed E-state index contributed by atoms with van der Waals surface area (Å²) in [4.78, 5) is 23.3. The molecule has 1 aromatic rings. The molecule has 0 radical (unpaired) electrons. The van der Waals surface area contributed by atoms with E-state index in [2.05, 4.69) is 14.0 Å². The Bertz CT molecular complexity index is 648. The van der Waals surface area contributed by atoms with Crippen LogP contribution in [-0.4, -0.2) is 23.0 Å². The second-order valence-electron chi connectivity index (χ2n) is 5.01. The molecular weight excluding hydrogens is 278 g/mol. The zero-order valence-electron chi connectivity index (χ0n) is 10.6. The lowest BCUT2D eigenvalue weighted by atomic mass is 10.1. The van der Waals surface area contributed by atoms with Crippen molar-refractivity contribution in [1.82, 2.24) is 5.32 Å². The topological polar surface area (TPSA) is 91.1 Å². The third-order valence-corrected chi connectivity index (χ3v) is 3.94. The predicted octanol–water partition coefficient (Wildman–Crippen LogP) is 2.40. The van der Waals surface area contributed by atoms with Gasteiger partial charge >= 0.3 is 5.97 Å². The number of fused-ring (bicyclic) bond motifs is 1. The van der Waals surface area contributed by atoms with Crippen LogP contribution in [0.25, 0.3) is 0 Å². The molecule has 0 bridgehead atoms. The zero-order valence-corrected chi connectivity index (χ0v) is 11.4. The Balaban J connectivity index is 1.71. The molecule has 104 valence electrons. The van der Waals surface area contributed by atoms with Gasteiger partial charge in [0.25, 0.3) is 5.91 Å². The van der Waals surface area contributed by atoms with Gasteiger partial charge in [0.05, 0.1) is 11.4 Å². The van der Waals surface area contributed by atoms with Crippen molar-refractivity contribution in [1.29, 1.82) is 0 Å². The number of nitrogens with zero attached hydrogens (tertiary/aromatic N) is 2. The molecule has 0 saturated heterocycles. The first-order valence-corrected chi connectivity index (χ1v) is 7.12. The Morgan fingerprint density at radius 2 is 2.10 bits per heavy atom. The van der Waals surface area contributed by atoms with Crippen LogP contribution in [0.15, 0.2) is 26.9 Å². The summed E-state index contributed by atoms with van der Waals surface area (Å²) in [6, 6.07) is 4.16. The van der Waals surface area contributed by atoms with Crippen molar-refractivity contribution < 1.29 is 14.7 Å². The molecule has 1 saturated carbocycles. The minimum atomic E-state index is -0.985. The minimum absolute atomic E-state index is 0.382. The van der Waals surface area contributed by atoms with E-state index in [4.69, 9.17) is 5.11 Å². The maximum absolute atomic E-state index is 12.1. The normalized spacial score (nSPS) is 17.2. The summed E-state index contributed by atoms with van der Waals surface area (Å²) < 4.78 is 8.13. The number of amides is 1. The highest BCUT2D eigenvalue weighted by Crippen LogP contribution is 2.34. The van der Waals surface area contributed by atoms with Crippen molar-refractivity contribution in [3.05, 3.63) is 23.8 Å². The van der Waals surface area contributed by atoms with Crippen LogP contribution in [0, 0.1) is 5.92 Å². The van der Waals surface area contributed by atoms with Gasteiger partial charge in [0.2, 0.25) is 0 Å². The van der Waals surface area contributed by atoms with Crippen LogP contribution in [0.3, 0.4) is 0 Å².